The van der Waals surface area contributed by atoms with Crippen LogP contribution in [-0.4, -0.2) is 45.9 Å². The van der Waals surface area contributed by atoms with Crippen molar-refractivity contribution < 1.29 is 29.4 Å². The molecule has 0 heterocycles. The number of carbonyl (C=O) groups excluding carboxylic acids is 3. The average molecular weight is 351 g/mol. The molecule has 0 saturated heterocycles. The Morgan fingerprint density at radius 3 is 2.26 bits per heavy atom. The largest absolute Gasteiger partial charge is 0.479 e. The van der Waals surface area contributed by atoms with Crippen LogP contribution in [0.1, 0.15) is 33.1 Å². The first-order valence-corrected chi connectivity index (χ1v) is 7.23. The number of carbonyl (C=O) groups is 2. The monoisotopic (exact) mass is 350 g/mol. The number of carboxylic acid groups (broad SMARTS) is 1. The summed E-state index contributed by atoms with van der Waals surface area (Å²) in [7, 11) is 0. The van der Waals surface area contributed by atoms with Crippen LogP contribution in [0.5, 0.6) is 0 Å². The molecule has 0 spiro atoms. The Morgan fingerprint density at radius 1 is 1.43 bits per heavy atom. The van der Waals surface area contributed by atoms with E-state index in [0.717, 1.165) is 6.42 Å². The predicted octanol–water partition coefficient (Wildman–Crippen LogP) is -0.462. The van der Waals surface area contributed by atoms with Crippen molar-refractivity contribution in [1.29, 1.82) is 0 Å². The van der Waals surface area contributed by atoms with Crippen molar-refractivity contribution in [1.82, 2.24) is 5.32 Å². The third kappa shape index (κ3) is 4.29. The second-order valence-electron chi connectivity index (χ2n) is 6.04. The first kappa shape index (κ1) is 21.5. The standard InChI is InChI=1S/C13H22N2O4.CO2.ClH/c1-3-6(2)10(14)11(17)15-13(12(18)19)5-9(16)7-4-8(7)13;2-1-3;/h6-10,16H,3-5,14H2,1-2H3,(H,15,17)(H,18,19);;1H/t6?,7-,8+,9-,10-,13-;;/m0../s1. The maximum atomic E-state index is 12.1. The van der Waals surface area contributed by atoms with Crippen LogP contribution in [0.2, 0.25) is 0 Å². The summed E-state index contributed by atoms with van der Waals surface area (Å²) in [5.74, 6) is -1.66. The molecule has 0 aromatic rings. The van der Waals surface area contributed by atoms with Gasteiger partial charge in [-0.3, -0.25) is 4.79 Å². The highest BCUT2D eigenvalue weighted by Crippen LogP contribution is 2.57. The molecule has 23 heavy (non-hydrogen) atoms. The minimum atomic E-state index is -1.33. The molecule has 2 rings (SSSR count). The number of rotatable bonds is 5. The minimum absolute atomic E-state index is 0. The van der Waals surface area contributed by atoms with Crippen LogP contribution in [0.25, 0.3) is 0 Å². The van der Waals surface area contributed by atoms with Crippen LogP contribution in [0.4, 0.5) is 0 Å². The molecule has 2 fully saturated rings. The van der Waals surface area contributed by atoms with Gasteiger partial charge >= 0.3 is 12.1 Å². The number of hydrogen-bond acceptors (Lipinski definition) is 6. The fourth-order valence-corrected chi connectivity index (χ4v) is 3.10. The zero-order chi connectivity index (χ0) is 17.1. The zero-order valence-electron chi connectivity index (χ0n) is 13.0. The van der Waals surface area contributed by atoms with Crippen molar-refractivity contribution in [2.45, 2.75) is 50.8 Å². The first-order valence-electron chi connectivity index (χ1n) is 7.23. The SMILES string of the molecule is CCC(C)[C@H](N)C(=O)N[C@@]1(C(=O)O)C[C@H](O)[C@H]2C[C@H]21.Cl.O=C=O. The third-order valence-corrected chi connectivity index (χ3v) is 4.79. The van der Waals surface area contributed by atoms with Gasteiger partial charge in [0.1, 0.15) is 5.54 Å². The molecule has 2 saturated carbocycles. The van der Waals surface area contributed by atoms with E-state index in [9.17, 15) is 19.8 Å². The molecule has 132 valence electrons. The molecule has 0 bridgehead atoms. The Bertz CT molecular complexity index is 482. The van der Waals surface area contributed by atoms with Crippen molar-refractivity contribution in [2.75, 3.05) is 0 Å². The highest BCUT2D eigenvalue weighted by atomic mass is 35.5. The lowest BCUT2D eigenvalue weighted by Crippen LogP contribution is -2.60. The summed E-state index contributed by atoms with van der Waals surface area (Å²) in [6, 6.07) is -0.712. The normalized spacial score (nSPS) is 32.8. The highest BCUT2D eigenvalue weighted by molar-refractivity contribution is 5.90. The van der Waals surface area contributed by atoms with Gasteiger partial charge in [0.15, 0.2) is 0 Å². The topological polar surface area (TPSA) is 147 Å². The molecule has 2 aliphatic carbocycles. The van der Waals surface area contributed by atoms with Crippen molar-refractivity contribution in [3.8, 4) is 0 Å². The lowest BCUT2D eigenvalue weighted by molar-refractivity contribution is -0.191. The lowest BCUT2D eigenvalue weighted by atomic mass is 9.90. The maximum Gasteiger partial charge on any atom is 0.373 e. The van der Waals surface area contributed by atoms with E-state index in [1.165, 1.54) is 0 Å². The van der Waals surface area contributed by atoms with Gasteiger partial charge in [-0.25, -0.2) is 4.79 Å². The molecule has 0 aromatic carbocycles. The summed E-state index contributed by atoms with van der Waals surface area (Å²) < 4.78 is 0. The number of carboxylic acids is 1. The number of aliphatic carboxylic acids is 1. The number of hydrogen-bond donors (Lipinski definition) is 4. The van der Waals surface area contributed by atoms with Gasteiger partial charge in [-0.1, -0.05) is 20.3 Å². The number of aliphatic hydroxyl groups is 1. The summed E-state index contributed by atoms with van der Waals surface area (Å²) in [5.41, 5.74) is 4.51. The van der Waals surface area contributed by atoms with E-state index in [2.05, 4.69) is 5.32 Å². The Balaban J connectivity index is 0.00000112. The molecular weight excluding hydrogens is 328 g/mol. The summed E-state index contributed by atoms with van der Waals surface area (Å²) in [6.07, 6.45) is 1.10. The van der Waals surface area contributed by atoms with Crippen LogP contribution in [-0.2, 0) is 19.2 Å². The molecule has 8 nitrogen and oxygen atoms in total. The molecule has 0 aromatic heterocycles. The van der Waals surface area contributed by atoms with E-state index in [1.807, 2.05) is 13.8 Å². The van der Waals surface area contributed by atoms with Gasteiger partial charge in [0.2, 0.25) is 5.91 Å². The summed E-state index contributed by atoms with van der Waals surface area (Å²) in [4.78, 5) is 39.9. The minimum Gasteiger partial charge on any atom is -0.479 e. The van der Waals surface area contributed by atoms with Gasteiger partial charge in [-0.15, -0.1) is 12.4 Å². The Morgan fingerprint density at radius 2 is 1.96 bits per heavy atom. The van der Waals surface area contributed by atoms with Crippen LogP contribution in [0.15, 0.2) is 0 Å². The van der Waals surface area contributed by atoms with E-state index < -0.39 is 29.6 Å². The van der Waals surface area contributed by atoms with Crippen molar-refractivity contribution in [3.63, 3.8) is 0 Å². The maximum absolute atomic E-state index is 12.1. The summed E-state index contributed by atoms with van der Waals surface area (Å²) >= 11 is 0. The summed E-state index contributed by atoms with van der Waals surface area (Å²) in [5, 5.41) is 21.8. The molecule has 9 heteroatoms. The Kier molecular flexibility index (Phi) is 7.86. The van der Waals surface area contributed by atoms with Crippen LogP contribution < -0.4 is 11.1 Å². The van der Waals surface area contributed by atoms with Gasteiger partial charge in [0, 0.05) is 6.42 Å². The highest BCUT2D eigenvalue weighted by Gasteiger charge is 2.67. The number of aliphatic hydroxyl groups excluding tert-OH is 1. The van der Waals surface area contributed by atoms with Gasteiger partial charge in [-0.2, -0.15) is 9.59 Å². The van der Waals surface area contributed by atoms with Crippen LogP contribution >= 0.6 is 12.4 Å². The summed E-state index contributed by atoms with van der Waals surface area (Å²) in [6.45, 7) is 3.79. The number of nitrogens with one attached hydrogen (secondary N) is 1. The van der Waals surface area contributed by atoms with Gasteiger partial charge < -0.3 is 21.3 Å². The van der Waals surface area contributed by atoms with E-state index in [0.29, 0.717) is 6.42 Å². The zero-order valence-corrected chi connectivity index (χ0v) is 13.8. The third-order valence-electron chi connectivity index (χ3n) is 4.79. The molecule has 5 N–H and O–H groups in total. The van der Waals surface area contributed by atoms with Crippen molar-refractivity contribution in [2.24, 2.45) is 23.5 Å². The average Bonchev–Trinajstić information content (AvgIpc) is 3.21. The number of fused-ring (bicyclic) bond motifs is 1. The van der Waals surface area contributed by atoms with Gasteiger partial charge in [0.05, 0.1) is 12.1 Å². The van der Waals surface area contributed by atoms with Crippen LogP contribution in [0, 0.1) is 17.8 Å². The Labute approximate surface area is 140 Å². The predicted molar refractivity (Wildman–Crippen MR) is 80.4 cm³/mol. The fraction of sp³-hybridized carbons (Fsp3) is 0.786. The molecule has 2 aliphatic rings. The quantitative estimate of drug-likeness (QED) is 0.524. The molecule has 0 radical (unpaired) electrons. The molecule has 1 amide bonds. The van der Waals surface area contributed by atoms with E-state index >= 15 is 0 Å². The Hall–Kier alpha value is -1.47. The number of nitrogens with two attached hydrogens (primary N) is 1. The molecule has 6 atom stereocenters. The lowest BCUT2D eigenvalue weighted by Gasteiger charge is -2.30. The number of halogens is 1. The number of amides is 1. The van der Waals surface area contributed by atoms with E-state index in [-0.39, 0.29) is 42.7 Å². The molecule has 0 aliphatic heterocycles. The van der Waals surface area contributed by atoms with Crippen molar-refractivity contribution >= 4 is 30.4 Å². The van der Waals surface area contributed by atoms with E-state index in [4.69, 9.17) is 15.3 Å². The van der Waals surface area contributed by atoms with Crippen molar-refractivity contribution in [3.05, 3.63) is 0 Å². The molecular formula is C14H23ClN2O6. The first-order chi connectivity index (χ1) is 10.2. The second kappa shape index (κ2) is 8.40. The van der Waals surface area contributed by atoms with Gasteiger partial charge in [-0.05, 0) is 24.2 Å². The van der Waals surface area contributed by atoms with Crippen LogP contribution in [0.3, 0.4) is 0 Å². The smallest absolute Gasteiger partial charge is 0.373 e. The molecule has 1 unspecified atom stereocenters. The van der Waals surface area contributed by atoms with Gasteiger partial charge in [0.25, 0.3) is 0 Å². The van der Waals surface area contributed by atoms with E-state index in [1.54, 1.807) is 0 Å². The second-order valence-corrected chi connectivity index (χ2v) is 6.04. The fourth-order valence-electron chi connectivity index (χ4n) is 3.10.